The lowest BCUT2D eigenvalue weighted by molar-refractivity contribution is -0.126. The van der Waals surface area contributed by atoms with Crippen LogP contribution in [0.2, 0.25) is 0 Å². The summed E-state index contributed by atoms with van der Waals surface area (Å²) in [5.41, 5.74) is 1.01. The van der Waals surface area contributed by atoms with Crippen LogP contribution in [-0.4, -0.2) is 43.7 Å². The van der Waals surface area contributed by atoms with E-state index in [2.05, 4.69) is 24.1 Å². The number of benzene rings is 1. The molecule has 0 spiro atoms. The van der Waals surface area contributed by atoms with Gasteiger partial charge in [0.15, 0.2) is 11.5 Å². The highest BCUT2D eigenvalue weighted by Gasteiger charge is 2.23. The highest BCUT2D eigenvalue weighted by atomic mass is 16.5. The molecule has 0 aliphatic carbocycles. The van der Waals surface area contributed by atoms with Crippen LogP contribution < -0.4 is 14.8 Å². The Kier molecular flexibility index (Phi) is 8.42. The predicted molar refractivity (Wildman–Crippen MR) is 109 cm³/mol. The van der Waals surface area contributed by atoms with E-state index in [9.17, 15) is 4.79 Å². The summed E-state index contributed by atoms with van der Waals surface area (Å²) in [6.45, 7) is 10.9. The topological polar surface area (TPSA) is 50.8 Å². The molecule has 1 saturated heterocycles. The Morgan fingerprint density at radius 3 is 2.33 bits per heavy atom. The molecule has 1 fully saturated rings. The van der Waals surface area contributed by atoms with Crippen molar-refractivity contribution in [2.45, 2.75) is 65.5 Å². The molecule has 0 radical (unpaired) electrons. The van der Waals surface area contributed by atoms with Crippen molar-refractivity contribution in [2.75, 3.05) is 26.8 Å². The minimum absolute atomic E-state index is 0.0834. The molecule has 2 atom stereocenters. The predicted octanol–water partition coefficient (Wildman–Crippen LogP) is 4.17. The molecule has 1 heterocycles. The molecule has 0 saturated carbocycles. The monoisotopic (exact) mass is 376 g/mol. The first-order valence-electron chi connectivity index (χ1n) is 10.3. The third kappa shape index (κ3) is 6.42. The molecule has 5 nitrogen and oxygen atoms in total. The average Bonchev–Trinajstić information content (AvgIpc) is 2.94. The number of ether oxygens (including phenoxy) is 2. The number of nitrogens with one attached hydrogen (secondary N) is 1. The fourth-order valence-corrected chi connectivity index (χ4v) is 3.39. The first-order chi connectivity index (χ1) is 12.9. The molecule has 1 amide bonds. The van der Waals surface area contributed by atoms with Gasteiger partial charge in [-0.05, 0) is 63.4 Å². The maximum absolute atomic E-state index is 12.7. The van der Waals surface area contributed by atoms with Gasteiger partial charge in [0.2, 0.25) is 5.91 Å². The van der Waals surface area contributed by atoms with E-state index in [1.165, 1.54) is 25.7 Å². The van der Waals surface area contributed by atoms with Crippen LogP contribution in [0.4, 0.5) is 0 Å². The number of rotatable bonds is 8. The van der Waals surface area contributed by atoms with E-state index in [0.717, 1.165) is 24.4 Å². The van der Waals surface area contributed by atoms with Crippen LogP contribution in [-0.2, 0) is 4.79 Å². The van der Waals surface area contributed by atoms with Crippen LogP contribution >= 0.6 is 0 Å². The smallest absolute Gasteiger partial charge is 0.237 e. The van der Waals surface area contributed by atoms with Gasteiger partial charge in [0.25, 0.3) is 0 Å². The van der Waals surface area contributed by atoms with Gasteiger partial charge in [0.05, 0.1) is 25.8 Å². The van der Waals surface area contributed by atoms with Crippen LogP contribution in [0.25, 0.3) is 0 Å². The number of likely N-dealkylation sites (tertiary alicyclic amines) is 1. The molecule has 1 aromatic carbocycles. The third-order valence-corrected chi connectivity index (χ3v) is 5.19. The van der Waals surface area contributed by atoms with Crippen LogP contribution in [0.1, 0.15) is 65.0 Å². The van der Waals surface area contributed by atoms with E-state index < -0.39 is 0 Å². The van der Waals surface area contributed by atoms with Crippen molar-refractivity contribution in [3.05, 3.63) is 23.8 Å². The van der Waals surface area contributed by atoms with Crippen LogP contribution in [0.15, 0.2) is 18.2 Å². The van der Waals surface area contributed by atoms with Crippen molar-refractivity contribution in [1.82, 2.24) is 10.2 Å². The summed E-state index contributed by atoms with van der Waals surface area (Å²) in [4.78, 5) is 15.0. The maximum atomic E-state index is 12.7. The summed E-state index contributed by atoms with van der Waals surface area (Å²) in [6.07, 6.45) is 4.91. The number of carbonyl (C=O) groups is 1. The molecule has 1 aliphatic rings. The van der Waals surface area contributed by atoms with Gasteiger partial charge in [-0.2, -0.15) is 0 Å². The Bertz CT molecular complexity index is 595. The third-order valence-electron chi connectivity index (χ3n) is 5.19. The summed E-state index contributed by atoms with van der Waals surface area (Å²) in [5.74, 6) is 1.98. The molecule has 0 aromatic heterocycles. The van der Waals surface area contributed by atoms with Crippen molar-refractivity contribution >= 4 is 5.91 Å². The summed E-state index contributed by atoms with van der Waals surface area (Å²) in [5, 5.41) is 3.16. The number of amides is 1. The van der Waals surface area contributed by atoms with Crippen molar-refractivity contribution < 1.29 is 14.3 Å². The van der Waals surface area contributed by atoms with E-state index in [1.54, 1.807) is 7.11 Å². The zero-order valence-electron chi connectivity index (χ0n) is 17.6. The van der Waals surface area contributed by atoms with E-state index in [0.29, 0.717) is 18.3 Å². The lowest BCUT2D eigenvalue weighted by Gasteiger charge is -2.28. The maximum Gasteiger partial charge on any atom is 0.237 e. The first-order valence-corrected chi connectivity index (χ1v) is 10.3. The second-order valence-corrected chi connectivity index (χ2v) is 7.97. The summed E-state index contributed by atoms with van der Waals surface area (Å²) < 4.78 is 11.3. The highest BCUT2D eigenvalue weighted by Crippen LogP contribution is 2.30. The van der Waals surface area contributed by atoms with Gasteiger partial charge in [-0.25, -0.2) is 0 Å². The molecule has 0 bridgehead atoms. The van der Waals surface area contributed by atoms with Crippen LogP contribution in [0, 0.1) is 5.92 Å². The average molecular weight is 377 g/mol. The van der Waals surface area contributed by atoms with Gasteiger partial charge < -0.3 is 14.8 Å². The van der Waals surface area contributed by atoms with Crippen molar-refractivity contribution in [2.24, 2.45) is 5.92 Å². The Morgan fingerprint density at radius 2 is 1.74 bits per heavy atom. The molecule has 152 valence electrons. The first kappa shape index (κ1) is 21.5. The fourth-order valence-electron chi connectivity index (χ4n) is 3.39. The van der Waals surface area contributed by atoms with Gasteiger partial charge in [0, 0.05) is 0 Å². The Labute approximate surface area is 164 Å². The molecule has 2 rings (SSSR count). The number of hydrogen-bond acceptors (Lipinski definition) is 4. The lowest BCUT2D eigenvalue weighted by atomic mass is 10.1. The van der Waals surface area contributed by atoms with Crippen molar-refractivity contribution in [1.29, 1.82) is 0 Å². The molecule has 27 heavy (non-hydrogen) atoms. The Morgan fingerprint density at radius 1 is 1.07 bits per heavy atom. The zero-order chi connectivity index (χ0) is 19.8. The summed E-state index contributed by atoms with van der Waals surface area (Å²) >= 11 is 0. The van der Waals surface area contributed by atoms with E-state index >= 15 is 0 Å². The minimum Gasteiger partial charge on any atom is -0.493 e. The molecule has 1 N–H and O–H groups in total. The summed E-state index contributed by atoms with van der Waals surface area (Å²) in [6, 6.07) is 5.70. The van der Waals surface area contributed by atoms with Gasteiger partial charge in [-0.1, -0.05) is 32.8 Å². The molecule has 1 aliphatic heterocycles. The largest absolute Gasteiger partial charge is 0.493 e. The van der Waals surface area contributed by atoms with E-state index in [4.69, 9.17) is 9.47 Å². The van der Waals surface area contributed by atoms with Gasteiger partial charge in [-0.3, -0.25) is 9.69 Å². The lowest BCUT2D eigenvalue weighted by Crippen LogP contribution is -2.46. The van der Waals surface area contributed by atoms with Gasteiger partial charge in [-0.15, -0.1) is 0 Å². The second kappa shape index (κ2) is 10.5. The number of carbonyl (C=O) groups excluding carboxylic acids is 1. The molecular formula is C22H36N2O3. The molecule has 1 aromatic rings. The second-order valence-electron chi connectivity index (χ2n) is 7.97. The van der Waals surface area contributed by atoms with E-state index in [-0.39, 0.29) is 18.0 Å². The normalized spacial score (nSPS) is 17.9. The molecule has 2 unspecified atom stereocenters. The molecular weight excluding hydrogens is 340 g/mol. The Hall–Kier alpha value is -1.75. The SMILES string of the molecule is COc1cc(C(C)NC(=O)C(C)N2CCCCCC2)ccc1OCC(C)C. The number of nitrogens with zero attached hydrogens (tertiary/aromatic N) is 1. The quantitative estimate of drug-likeness (QED) is 0.740. The van der Waals surface area contributed by atoms with Crippen molar-refractivity contribution in [3.8, 4) is 11.5 Å². The highest BCUT2D eigenvalue weighted by molar-refractivity contribution is 5.81. The number of hydrogen-bond donors (Lipinski definition) is 1. The van der Waals surface area contributed by atoms with Gasteiger partial charge >= 0.3 is 0 Å². The summed E-state index contributed by atoms with van der Waals surface area (Å²) in [7, 11) is 1.64. The van der Waals surface area contributed by atoms with Crippen LogP contribution in [0.3, 0.4) is 0 Å². The standard InChI is InChI=1S/C22H36N2O3/c1-16(2)15-27-20-11-10-19(14-21(20)26-5)17(3)23-22(25)18(4)24-12-8-6-7-9-13-24/h10-11,14,16-18H,6-9,12-13,15H2,1-5H3,(H,23,25). The van der Waals surface area contributed by atoms with Crippen molar-refractivity contribution in [3.63, 3.8) is 0 Å². The minimum atomic E-state index is -0.0962. The number of methoxy groups -OCH3 is 1. The zero-order valence-corrected chi connectivity index (χ0v) is 17.6. The van der Waals surface area contributed by atoms with E-state index in [1.807, 2.05) is 32.0 Å². The molecule has 5 heteroatoms. The van der Waals surface area contributed by atoms with Gasteiger partial charge in [0.1, 0.15) is 0 Å². The Balaban J connectivity index is 1.99. The van der Waals surface area contributed by atoms with Crippen LogP contribution in [0.5, 0.6) is 11.5 Å². The fraction of sp³-hybridized carbons (Fsp3) is 0.682.